The molecule has 1 fully saturated rings. The highest BCUT2D eigenvalue weighted by Gasteiger charge is 2.28. The Morgan fingerprint density at radius 1 is 1.20 bits per heavy atom. The molecule has 102 valence electrons. The quantitative estimate of drug-likeness (QED) is 0.893. The molecule has 1 unspecified atom stereocenters. The number of nitrogens with zero attached hydrogens (tertiary/aromatic N) is 2. The van der Waals surface area contributed by atoms with Crippen LogP contribution in [0.1, 0.15) is 41.6 Å². The highest BCUT2D eigenvalue weighted by Crippen LogP contribution is 2.39. The van der Waals surface area contributed by atoms with E-state index in [9.17, 15) is 0 Å². The van der Waals surface area contributed by atoms with Crippen molar-refractivity contribution < 1.29 is 0 Å². The van der Waals surface area contributed by atoms with Crippen LogP contribution in [0.25, 0.3) is 0 Å². The Balaban J connectivity index is 1.45. The lowest BCUT2D eigenvalue weighted by Crippen LogP contribution is -2.24. The van der Waals surface area contributed by atoms with Crippen molar-refractivity contribution in [2.75, 3.05) is 17.6 Å². The van der Waals surface area contributed by atoms with Gasteiger partial charge in [-0.1, -0.05) is 24.3 Å². The van der Waals surface area contributed by atoms with Crippen LogP contribution in [0.4, 0.5) is 11.6 Å². The van der Waals surface area contributed by atoms with Gasteiger partial charge < -0.3 is 11.1 Å². The lowest BCUT2D eigenvalue weighted by molar-refractivity contribution is 0.634. The van der Waals surface area contributed by atoms with Gasteiger partial charge in [-0.2, -0.15) is 0 Å². The summed E-state index contributed by atoms with van der Waals surface area (Å²) in [6, 6.07) is 10.5. The molecule has 1 heterocycles. The van der Waals surface area contributed by atoms with Crippen molar-refractivity contribution in [3.63, 3.8) is 0 Å². The second-order valence-electron chi connectivity index (χ2n) is 5.79. The van der Waals surface area contributed by atoms with Crippen molar-refractivity contribution in [3.8, 4) is 0 Å². The molecule has 3 N–H and O–H groups in total. The van der Waals surface area contributed by atoms with Crippen molar-refractivity contribution in [3.05, 3.63) is 47.3 Å². The maximum Gasteiger partial charge on any atom is 0.136 e. The summed E-state index contributed by atoms with van der Waals surface area (Å²) in [7, 11) is 0. The first-order chi connectivity index (χ1) is 9.79. The fraction of sp³-hybridized carbons (Fsp3) is 0.375. The van der Waals surface area contributed by atoms with Gasteiger partial charge in [0.15, 0.2) is 0 Å². The maximum atomic E-state index is 5.86. The molecule has 0 radical (unpaired) electrons. The number of benzene rings is 1. The summed E-state index contributed by atoms with van der Waals surface area (Å²) in [6.07, 6.45) is 3.54. The molecular weight excluding hydrogens is 248 g/mol. The predicted octanol–water partition coefficient (Wildman–Crippen LogP) is 2.69. The standard InChI is InChI=1S/C16H18N4/c17-14-8-15(20-16(19-14)10-5-6-10)18-9-12-7-11-3-1-2-4-13(11)12/h1-4,8,10,12H,5-7,9H2,(H3,17,18,19,20). The van der Waals surface area contributed by atoms with Crippen molar-refractivity contribution >= 4 is 11.6 Å². The van der Waals surface area contributed by atoms with E-state index < -0.39 is 0 Å². The van der Waals surface area contributed by atoms with Crippen molar-refractivity contribution in [2.45, 2.75) is 31.1 Å². The van der Waals surface area contributed by atoms with Gasteiger partial charge in [-0.15, -0.1) is 0 Å². The van der Waals surface area contributed by atoms with Gasteiger partial charge in [0, 0.05) is 24.4 Å². The van der Waals surface area contributed by atoms with Crippen LogP contribution < -0.4 is 11.1 Å². The Kier molecular flexibility index (Phi) is 2.62. The molecule has 1 atom stereocenters. The molecule has 1 aromatic carbocycles. The number of rotatable bonds is 4. The van der Waals surface area contributed by atoms with Gasteiger partial charge in [-0.3, -0.25) is 0 Å². The van der Waals surface area contributed by atoms with Crippen LogP contribution in [0.5, 0.6) is 0 Å². The molecule has 4 rings (SSSR count). The van der Waals surface area contributed by atoms with Gasteiger partial charge in [0.2, 0.25) is 0 Å². The van der Waals surface area contributed by atoms with E-state index in [1.54, 1.807) is 0 Å². The Bertz CT molecular complexity index is 649. The van der Waals surface area contributed by atoms with Crippen molar-refractivity contribution in [1.29, 1.82) is 0 Å². The van der Waals surface area contributed by atoms with E-state index in [0.717, 1.165) is 24.6 Å². The number of fused-ring (bicyclic) bond motifs is 1. The predicted molar refractivity (Wildman–Crippen MR) is 79.8 cm³/mol. The zero-order valence-corrected chi connectivity index (χ0v) is 11.3. The number of hydrogen-bond donors (Lipinski definition) is 2. The second kappa shape index (κ2) is 4.47. The van der Waals surface area contributed by atoms with Crippen LogP contribution in [-0.2, 0) is 6.42 Å². The molecule has 1 aromatic heterocycles. The summed E-state index contributed by atoms with van der Waals surface area (Å²) in [5.74, 6) is 3.46. The third-order valence-corrected chi connectivity index (χ3v) is 4.20. The van der Waals surface area contributed by atoms with E-state index in [1.807, 2.05) is 6.07 Å². The maximum absolute atomic E-state index is 5.86. The first kappa shape index (κ1) is 11.7. The molecule has 0 spiro atoms. The second-order valence-corrected chi connectivity index (χ2v) is 5.79. The average Bonchev–Trinajstić information content (AvgIpc) is 3.23. The third-order valence-electron chi connectivity index (χ3n) is 4.20. The monoisotopic (exact) mass is 266 g/mol. The molecule has 0 saturated heterocycles. The van der Waals surface area contributed by atoms with Crippen LogP contribution in [0.2, 0.25) is 0 Å². The zero-order chi connectivity index (χ0) is 13.5. The first-order valence-electron chi connectivity index (χ1n) is 7.26. The van der Waals surface area contributed by atoms with Crippen LogP contribution in [0.3, 0.4) is 0 Å². The van der Waals surface area contributed by atoms with E-state index in [4.69, 9.17) is 5.73 Å². The minimum Gasteiger partial charge on any atom is -0.384 e. The number of anilines is 2. The van der Waals surface area contributed by atoms with Gasteiger partial charge in [0.1, 0.15) is 17.5 Å². The van der Waals surface area contributed by atoms with Crippen LogP contribution >= 0.6 is 0 Å². The summed E-state index contributed by atoms with van der Waals surface area (Å²) in [6.45, 7) is 0.914. The van der Waals surface area contributed by atoms with Gasteiger partial charge in [-0.25, -0.2) is 9.97 Å². The molecule has 2 aliphatic rings. The molecule has 0 aliphatic heterocycles. The summed E-state index contributed by atoms with van der Waals surface area (Å²) >= 11 is 0. The van der Waals surface area contributed by atoms with E-state index in [1.165, 1.54) is 24.0 Å². The summed E-state index contributed by atoms with van der Waals surface area (Å²) in [5, 5.41) is 3.42. The summed E-state index contributed by atoms with van der Waals surface area (Å²) in [4.78, 5) is 8.90. The first-order valence-corrected chi connectivity index (χ1v) is 7.26. The molecule has 4 nitrogen and oxygen atoms in total. The normalized spacial score (nSPS) is 20.1. The third kappa shape index (κ3) is 2.11. The van der Waals surface area contributed by atoms with Gasteiger partial charge in [-0.05, 0) is 30.4 Å². The molecule has 20 heavy (non-hydrogen) atoms. The van der Waals surface area contributed by atoms with E-state index in [2.05, 4.69) is 39.6 Å². The molecule has 2 aliphatic carbocycles. The molecule has 0 bridgehead atoms. The fourth-order valence-corrected chi connectivity index (χ4v) is 2.87. The largest absolute Gasteiger partial charge is 0.384 e. The van der Waals surface area contributed by atoms with E-state index in [-0.39, 0.29) is 0 Å². The lowest BCUT2D eigenvalue weighted by atomic mass is 9.77. The number of nitrogen functional groups attached to an aromatic ring is 1. The number of hydrogen-bond acceptors (Lipinski definition) is 4. The zero-order valence-electron chi connectivity index (χ0n) is 11.3. The van der Waals surface area contributed by atoms with Gasteiger partial charge >= 0.3 is 0 Å². The number of nitrogens with one attached hydrogen (secondary N) is 1. The Morgan fingerprint density at radius 2 is 2.05 bits per heavy atom. The Morgan fingerprint density at radius 3 is 2.85 bits per heavy atom. The Hall–Kier alpha value is -2.10. The lowest BCUT2D eigenvalue weighted by Gasteiger charge is -2.30. The topological polar surface area (TPSA) is 63.8 Å². The van der Waals surface area contributed by atoms with Crippen LogP contribution in [-0.4, -0.2) is 16.5 Å². The fourth-order valence-electron chi connectivity index (χ4n) is 2.87. The van der Waals surface area contributed by atoms with Gasteiger partial charge in [0.25, 0.3) is 0 Å². The summed E-state index contributed by atoms with van der Waals surface area (Å²) in [5.41, 5.74) is 8.80. The van der Waals surface area contributed by atoms with Crippen molar-refractivity contribution in [2.24, 2.45) is 0 Å². The average molecular weight is 266 g/mol. The number of aromatic nitrogens is 2. The van der Waals surface area contributed by atoms with Gasteiger partial charge in [0.05, 0.1) is 0 Å². The van der Waals surface area contributed by atoms with E-state index in [0.29, 0.717) is 17.7 Å². The highest BCUT2D eigenvalue weighted by atomic mass is 15.1. The molecule has 1 saturated carbocycles. The summed E-state index contributed by atoms with van der Waals surface area (Å²) < 4.78 is 0. The highest BCUT2D eigenvalue weighted by molar-refractivity contribution is 5.47. The van der Waals surface area contributed by atoms with E-state index >= 15 is 0 Å². The molecule has 0 amide bonds. The smallest absolute Gasteiger partial charge is 0.136 e. The van der Waals surface area contributed by atoms with Crippen LogP contribution in [0, 0.1) is 0 Å². The molecule has 2 aromatic rings. The minimum absolute atomic E-state index is 0.531. The number of nitrogens with two attached hydrogens (primary N) is 1. The molecular formula is C16H18N4. The SMILES string of the molecule is Nc1cc(NCC2Cc3ccccc32)nc(C2CC2)n1. The minimum atomic E-state index is 0.531. The van der Waals surface area contributed by atoms with Crippen molar-refractivity contribution in [1.82, 2.24) is 9.97 Å². The molecule has 4 heteroatoms. The van der Waals surface area contributed by atoms with Crippen LogP contribution in [0.15, 0.2) is 30.3 Å². The Labute approximate surface area is 118 Å².